The van der Waals surface area contributed by atoms with Gasteiger partial charge in [0.2, 0.25) is 10.0 Å². The van der Waals surface area contributed by atoms with Gasteiger partial charge >= 0.3 is 0 Å². The highest BCUT2D eigenvalue weighted by Gasteiger charge is 2.34. The number of anilines is 1. The Bertz CT molecular complexity index is 1320. The zero-order valence-corrected chi connectivity index (χ0v) is 19.9. The number of methoxy groups -OCH3 is 2. The van der Waals surface area contributed by atoms with Crippen LogP contribution in [-0.4, -0.2) is 45.5 Å². The summed E-state index contributed by atoms with van der Waals surface area (Å²) in [6.45, 7) is 0. The van der Waals surface area contributed by atoms with Crippen molar-refractivity contribution in [2.75, 3.05) is 25.2 Å². The van der Waals surface area contributed by atoms with Crippen molar-refractivity contribution in [3.63, 3.8) is 0 Å². The molecule has 1 unspecified atom stereocenters. The van der Waals surface area contributed by atoms with Crippen molar-refractivity contribution >= 4 is 27.3 Å². The summed E-state index contributed by atoms with van der Waals surface area (Å²) in [7, 11) is -0.234. The van der Waals surface area contributed by atoms with Crippen LogP contribution in [0.3, 0.4) is 0 Å². The Morgan fingerprint density at radius 1 is 0.971 bits per heavy atom. The van der Waals surface area contributed by atoms with Gasteiger partial charge in [0.15, 0.2) is 11.5 Å². The van der Waals surface area contributed by atoms with E-state index in [0.717, 1.165) is 23.1 Å². The van der Waals surface area contributed by atoms with Crippen molar-refractivity contribution in [3.8, 4) is 11.5 Å². The average molecular weight is 480 g/mol. The van der Waals surface area contributed by atoms with Gasteiger partial charge in [0.05, 0.1) is 32.2 Å². The summed E-state index contributed by atoms with van der Waals surface area (Å²) in [5, 5.41) is 6.18. The Balaban J connectivity index is 1.70. The number of carbonyl (C=O) groups excluding carboxylic acids is 1. The van der Waals surface area contributed by atoms with E-state index in [9.17, 15) is 13.2 Å². The molecule has 176 valence electrons. The maximum absolute atomic E-state index is 13.4. The van der Waals surface area contributed by atoms with Gasteiger partial charge in [0.1, 0.15) is 0 Å². The third-order valence-electron chi connectivity index (χ3n) is 5.45. The van der Waals surface area contributed by atoms with Gasteiger partial charge in [-0.3, -0.25) is 9.52 Å². The van der Waals surface area contributed by atoms with Crippen LogP contribution in [0.15, 0.2) is 77.9 Å². The van der Waals surface area contributed by atoms with Crippen molar-refractivity contribution in [3.05, 3.63) is 89.5 Å². The van der Waals surface area contributed by atoms with E-state index in [2.05, 4.69) is 9.82 Å². The molecule has 9 heteroatoms. The average Bonchev–Trinajstić information content (AvgIpc) is 3.28. The summed E-state index contributed by atoms with van der Waals surface area (Å²) in [5.74, 6) is 0.947. The highest BCUT2D eigenvalue weighted by molar-refractivity contribution is 7.92. The zero-order chi connectivity index (χ0) is 24.3. The summed E-state index contributed by atoms with van der Waals surface area (Å²) >= 11 is 0. The van der Waals surface area contributed by atoms with Crippen LogP contribution in [0.5, 0.6) is 11.5 Å². The summed E-state index contributed by atoms with van der Waals surface area (Å²) in [6, 6.07) is 21.1. The molecule has 0 saturated heterocycles. The molecule has 3 aromatic carbocycles. The fraction of sp³-hybridized carbons (Fsp3) is 0.200. The van der Waals surface area contributed by atoms with Crippen molar-refractivity contribution in [2.45, 2.75) is 12.5 Å². The number of hydrogen-bond donors (Lipinski definition) is 1. The fourth-order valence-corrected chi connectivity index (χ4v) is 4.41. The number of benzene rings is 3. The van der Waals surface area contributed by atoms with E-state index in [1.807, 2.05) is 36.4 Å². The minimum atomic E-state index is -3.37. The molecule has 0 spiro atoms. The van der Waals surface area contributed by atoms with Gasteiger partial charge in [0.25, 0.3) is 5.91 Å². The lowest BCUT2D eigenvalue weighted by atomic mass is 9.97. The molecule has 4 rings (SSSR count). The minimum absolute atomic E-state index is 0.217. The second-order valence-electron chi connectivity index (χ2n) is 7.85. The predicted octanol–water partition coefficient (Wildman–Crippen LogP) is 4.07. The van der Waals surface area contributed by atoms with E-state index in [-0.39, 0.29) is 11.9 Å². The van der Waals surface area contributed by atoms with Crippen LogP contribution in [-0.2, 0) is 10.0 Å². The Hall–Kier alpha value is -3.85. The monoisotopic (exact) mass is 479 g/mol. The maximum atomic E-state index is 13.4. The smallest absolute Gasteiger partial charge is 0.274 e. The number of sulfonamides is 1. The topological polar surface area (TPSA) is 97.3 Å². The molecule has 34 heavy (non-hydrogen) atoms. The van der Waals surface area contributed by atoms with Crippen LogP contribution in [0.1, 0.15) is 33.9 Å². The number of carbonyl (C=O) groups is 1. The van der Waals surface area contributed by atoms with Crippen molar-refractivity contribution in [1.29, 1.82) is 0 Å². The van der Waals surface area contributed by atoms with Gasteiger partial charge < -0.3 is 9.47 Å². The lowest BCUT2D eigenvalue weighted by Gasteiger charge is -2.23. The predicted molar refractivity (Wildman–Crippen MR) is 131 cm³/mol. The van der Waals surface area contributed by atoms with E-state index < -0.39 is 10.0 Å². The first-order chi connectivity index (χ1) is 16.3. The van der Waals surface area contributed by atoms with Crippen LogP contribution in [0.2, 0.25) is 0 Å². The van der Waals surface area contributed by atoms with Crippen LogP contribution >= 0.6 is 0 Å². The maximum Gasteiger partial charge on any atom is 0.274 e. The zero-order valence-electron chi connectivity index (χ0n) is 19.1. The Morgan fingerprint density at radius 3 is 2.26 bits per heavy atom. The number of amides is 1. The number of rotatable bonds is 7. The second kappa shape index (κ2) is 9.56. The largest absolute Gasteiger partial charge is 0.493 e. The van der Waals surface area contributed by atoms with Crippen LogP contribution < -0.4 is 14.2 Å². The molecule has 1 heterocycles. The Labute approximate surface area is 198 Å². The number of hydrogen-bond acceptors (Lipinski definition) is 6. The molecule has 0 radical (unpaired) electrons. The molecule has 8 nitrogen and oxygen atoms in total. The molecule has 1 aliphatic rings. The van der Waals surface area contributed by atoms with E-state index in [0.29, 0.717) is 29.2 Å². The standard InChI is InChI=1S/C25H25N3O5S/c1-32-23-14-11-19(15-24(23)33-2)22-16-21(17-9-12-20(13-10-17)27-34(3,30)31)26-28(22)25(29)18-7-5-4-6-8-18/h4-15,22,27H,16H2,1-3H3. The first kappa shape index (κ1) is 23.3. The molecule has 1 atom stereocenters. The molecule has 0 bridgehead atoms. The highest BCUT2D eigenvalue weighted by Crippen LogP contribution is 2.38. The molecule has 1 N–H and O–H groups in total. The third-order valence-corrected chi connectivity index (χ3v) is 6.06. The van der Waals surface area contributed by atoms with Gasteiger partial charge in [-0.2, -0.15) is 5.10 Å². The second-order valence-corrected chi connectivity index (χ2v) is 9.60. The van der Waals surface area contributed by atoms with Crippen LogP contribution in [0.25, 0.3) is 0 Å². The van der Waals surface area contributed by atoms with Crippen LogP contribution in [0.4, 0.5) is 5.69 Å². The molecular weight excluding hydrogens is 454 g/mol. The normalized spacial score (nSPS) is 15.6. The van der Waals surface area contributed by atoms with E-state index in [1.54, 1.807) is 50.6 Å². The van der Waals surface area contributed by atoms with E-state index >= 15 is 0 Å². The van der Waals surface area contributed by atoms with Gasteiger partial charge in [-0.15, -0.1) is 0 Å². The van der Waals surface area contributed by atoms with Gasteiger partial charge in [-0.05, 0) is 47.5 Å². The van der Waals surface area contributed by atoms with Crippen molar-refractivity contribution in [2.24, 2.45) is 5.10 Å². The SMILES string of the molecule is COc1ccc(C2CC(c3ccc(NS(C)(=O)=O)cc3)=NN2C(=O)c2ccccc2)cc1OC. The number of hydrazone groups is 1. The Kier molecular flexibility index (Phi) is 6.56. The van der Waals surface area contributed by atoms with E-state index in [4.69, 9.17) is 9.47 Å². The highest BCUT2D eigenvalue weighted by atomic mass is 32.2. The Morgan fingerprint density at radius 2 is 1.65 bits per heavy atom. The molecule has 1 aliphatic heterocycles. The third kappa shape index (κ3) is 5.04. The first-order valence-corrected chi connectivity index (χ1v) is 12.4. The molecule has 1 amide bonds. The quantitative estimate of drug-likeness (QED) is 0.551. The summed E-state index contributed by atoms with van der Waals surface area (Å²) < 4.78 is 36.2. The molecule has 3 aromatic rings. The molecule has 0 saturated carbocycles. The van der Waals surface area contributed by atoms with Crippen molar-refractivity contribution in [1.82, 2.24) is 5.01 Å². The lowest BCUT2D eigenvalue weighted by molar-refractivity contribution is 0.0711. The summed E-state index contributed by atoms with van der Waals surface area (Å²) in [4.78, 5) is 13.4. The van der Waals surface area contributed by atoms with Crippen LogP contribution in [0, 0.1) is 0 Å². The fourth-order valence-electron chi connectivity index (χ4n) is 3.85. The molecule has 0 aromatic heterocycles. The van der Waals surface area contributed by atoms with Gasteiger partial charge in [-0.25, -0.2) is 13.4 Å². The molecular formula is C25H25N3O5S. The number of nitrogens with zero attached hydrogens (tertiary/aromatic N) is 2. The minimum Gasteiger partial charge on any atom is -0.493 e. The molecule has 0 aliphatic carbocycles. The lowest BCUT2D eigenvalue weighted by Crippen LogP contribution is -2.27. The number of nitrogens with one attached hydrogen (secondary N) is 1. The summed E-state index contributed by atoms with van der Waals surface area (Å²) in [5.41, 5.74) is 3.36. The molecule has 0 fully saturated rings. The van der Waals surface area contributed by atoms with Gasteiger partial charge in [-0.1, -0.05) is 36.4 Å². The van der Waals surface area contributed by atoms with E-state index in [1.165, 1.54) is 5.01 Å². The summed E-state index contributed by atoms with van der Waals surface area (Å²) in [6.07, 6.45) is 1.58. The first-order valence-electron chi connectivity index (χ1n) is 10.6. The number of ether oxygens (including phenoxy) is 2. The van der Waals surface area contributed by atoms with Crippen molar-refractivity contribution < 1.29 is 22.7 Å². The van der Waals surface area contributed by atoms with Gasteiger partial charge in [0, 0.05) is 17.7 Å².